The van der Waals surface area contributed by atoms with Crippen molar-refractivity contribution in [1.29, 1.82) is 0 Å². The van der Waals surface area contributed by atoms with Crippen LogP contribution in [0.3, 0.4) is 0 Å². The minimum absolute atomic E-state index is 0.0466. The van der Waals surface area contributed by atoms with Crippen LogP contribution in [0.5, 0.6) is 0 Å². The van der Waals surface area contributed by atoms with Crippen molar-refractivity contribution in [3.05, 3.63) is 58.7 Å². The second-order valence-corrected chi connectivity index (χ2v) is 7.91. The van der Waals surface area contributed by atoms with Gasteiger partial charge in [0.05, 0.1) is 23.3 Å². The number of thiol groups is 1. The number of nitrogens with zero attached hydrogens (tertiary/aromatic N) is 1. The van der Waals surface area contributed by atoms with E-state index in [-0.39, 0.29) is 21.7 Å². The third-order valence-corrected chi connectivity index (χ3v) is 6.53. The summed E-state index contributed by atoms with van der Waals surface area (Å²) >= 11 is 4.11. The standard InChI is InChI=1S/C17H18N2O5S2/c1-10-11(2)15(9-8-12(10)16(18)20)26(22,23)19(25)14-7-5-4-6-13(14)17(21)24-3/h4-9,25H,1-3H3,(H2,18,20). The van der Waals surface area contributed by atoms with Crippen LogP contribution in [0.15, 0.2) is 41.3 Å². The van der Waals surface area contributed by atoms with Crippen LogP contribution in [0.1, 0.15) is 31.8 Å². The topological polar surface area (TPSA) is 107 Å². The molecule has 0 atom stereocenters. The average molecular weight is 394 g/mol. The Morgan fingerprint density at radius 3 is 2.23 bits per heavy atom. The lowest BCUT2D eigenvalue weighted by Crippen LogP contribution is -2.25. The van der Waals surface area contributed by atoms with Gasteiger partial charge >= 0.3 is 5.97 Å². The number of esters is 1. The Labute approximate surface area is 157 Å². The highest BCUT2D eigenvalue weighted by molar-refractivity contribution is 8.06. The molecule has 0 fully saturated rings. The van der Waals surface area contributed by atoms with E-state index in [1.807, 2.05) is 0 Å². The molecule has 0 spiro atoms. The second-order valence-electron chi connectivity index (χ2n) is 5.48. The van der Waals surface area contributed by atoms with Gasteiger partial charge in [0.1, 0.15) is 0 Å². The minimum Gasteiger partial charge on any atom is -0.465 e. The predicted molar refractivity (Wildman–Crippen MR) is 101 cm³/mol. The van der Waals surface area contributed by atoms with E-state index in [1.54, 1.807) is 26.0 Å². The number of hydrogen-bond donors (Lipinski definition) is 2. The van der Waals surface area contributed by atoms with Crippen molar-refractivity contribution in [2.45, 2.75) is 18.7 Å². The van der Waals surface area contributed by atoms with Gasteiger partial charge in [-0.25, -0.2) is 16.9 Å². The van der Waals surface area contributed by atoms with Gasteiger partial charge in [0.25, 0.3) is 10.0 Å². The van der Waals surface area contributed by atoms with E-state index in [4.69, 9.17) is 5.73 Å². The second kappa shape index (κ2) is 7.38. The first-order valence-corrected chi connectivity index (χ1v) is 9.28. The van der Waals surface area contributed by atoms with E-state index >= 15 is 0 Å². The van der Waals surface area contributed by atoms with Crippen LogP contribution in [0, 0.1) is 13.8 Å². The number of carbonyl (C=O) groups excluding carboxylic acids is 2. The van der Waals surface area contributed by atoms with Gasteiger partial charge in [-0.3, -0.25) is 4.79 Å². The van der Waals surface area contributed by atoms with E-state index < -0.39 is 21.9 Å². The Morgan fingerprint density at radius 2 is 1.65 bits per heavy atom. The van der Waals surface area contributed by atoms with E-state index in [0.717, 1.165) is 0 Å². The number of carbonyl (C=O) groups is 2. The fourth-order valence-electron chi connectivity index (χ4n) is 2.49. The fraction of sp³-hybridized carbons (Fsp3) is 0.176. The van der Waals surface area contributed by atoms with Crippen molar-refractivity contribution in [1.82, 2.24) is 0 Å². The first kappa shape index (κ1) is 19.8. The molecule has 0 saturated carbocycles. The van der Waals surface area contributed by atoms with E-state index in [9.17, 15) is 18.0 Å². The third kappa shape index (κ3) is 3.40. The number of benzene rings is 2. The summed E-state index contributed by atoms with van der Waals surface area (Å²) in [4.78, 5) is 23.3. The molecule has 0 aliphatic rings. The maximum absolute atomic E-state index is 13.0. The smallest absolute Gasteiger partial charge is 0.340 e. The Morgan fingerprint density at radius 1 is 1.04 bits per heavy atom. The Balaban J connectivity index is 2.61. The molecule has 0 aromatic heterocycles. The number of sulfonamides is 1. The zero-order valence-electron chi connectivity index (χ0n) is 14.4. The molecular formula is C17H18N2O5S2. The lowest BCUT2D eigenvalue weighted by atomic mass is 10.0. The molecule has 0 aliphatic carbocycles. The van der Waals surface area contributed by atoms with Crippen molar-refractivity contribution in [3.8, 4) is 0 Å². The van der Waals surface area contributed by atoms with Crippen molar-refractivity contribution < 1.29 is 22.7 Å². The number of anilines is 1. The Hall–Kier alpha value is -2.52. The lowest BCUT2D eigenvalue weighted by molar-refractivity contribution is 0.0601. The van der Waals surface area contributed by atoms with Crippen molar-refractivity contribution in [2.24, 2.45) is 5.73 Å². The van der Waals surface area contributed by atoms with Gasteiger partial charge in [-0.2, -0.15) is 0 Å². The van der Waals surface area contributed by atoms with E-state index in [0.29, 0.717) is 14.8 Å². The number of amides is 1. The van der Waals surface area contributed by atoms with Gasteiger partial charge in [-0.05, 0) is 49.2 Å². The summed E-state index contributed by atoms with van der Waals surface area (Å²) in [6, 6.07) is 8.69. The van der Waals surface area contributed by atoms with E-state index in [2.05, 4.69) is 17.6 Å². The Bertz CT molecular complexity index is 987. The van der Waals surface area contributed by atoms with Gasteiger partial charge in [0.2, 0.25) is 5.91 Å². The average Bonchev–Trinajstić information content (AvgIpc) is 2.62. The number of rotatable bonds is 5. The maximum atomic E-state index is 13.0. The molecule has 2 aromatic rings. The summed E-state index contributed by atoms with van der Waals surface area (Å²) in [6.45, 7) is 3.18. The molecule has 0 heterocycles. The number of para-hydroxylation sites is 1. The monoisotopic (exact) mass is 394 g/mol. The third-order valence-electron chi connectivity index (χ3n) is 4.02. The molecule has 0 unspecified atom stereocenters. The fourth-order valence-corrected chi connectivity index (χ4v) is 4.31. The van der Waals surface area contributed by atoms with Crippen LogP contribution < -0.4 is 9.44 Å². The van der Waals surface area contributed by atoms with Crippen LogP contribution in [-0.4, -0.2) is 27.4 Å². The molecule has 9 heteroatoms. The first-order valence-electron chi connectivity index (χ1n) is 7.44. The Kier molecular flexibility index (Phi) is 5.62. The number of nitrogens with two attached hydrogens (primary N) is 1. The summed E-state index contributed by atoms with van der Waals surface area (Å²) in [6.07, 6.45) is 0. The SMILES string of the molecule is COC(=O)c1ccccc1N(S)S(=O)(=O)c1ccc(C(N)=O)c(C)c1C. The maximum Gasteiger partial charge on any atom is 0.340 e. The molecule has 0 radical (unpaired) electrons. The van der Waals surface area contributed by atoms with Crippen LogP contribution in [-0.2, 0) is 14.8 Å². The number of methoxy groups -OCH3 is 1. The quantitative estimate of drug-likeness (QED) is 0.597. The molecular weight excluding hydrogens is 376 g/mol. The number of primary amides is 1. The normalized spacial score (nSPS) is 11.1. The summed E-state index contributed by atoms with van der Waals surface area (Å²) in [5.74, 6) is -1.33. The zero-order chi connectivity index (χ0) is 19.6. The highest BCUT2D eigenvalue weighted by Crippen LogP contribution is 2.32. The van der Waals surface area contributed by atoms with Crippen molar-refractivity contribution in [3.63, 3.8) is 0 Å². The van der Waals surface area contributed by atoms with Crippen molar-refractivity contribution in [2.75, 3.05) is 10.8 Å². The van der Waals surface area contributed by atoms with Crippen LogP contribution >= 0.6 is 12.8 Å². The number of hydrogen-bond acceptors (Lipinski definition) is 6. The highest BCUT2D eigenvalue weighted by atomic mass is 32.3. The van der Waals surface area contributed by atoms with Gasteiger partial charge in [0, 0.05) is 5.56 Å². The molecule has 0 saturated heterocycles. The lowest BCUT2D eigenvalue weighted by Gasteiger charge is -2.22. The largest absolute Gasteiger partial charge is 0.465 e. The summed E-state index contributed by atoms with van der Waals surface area (Å²) in [5.41, 5.74) is 6.47. The van der Waals surface area contributed by atoms with E-state index in [1.165, 1.54) is 31.4 Å². The molecule has 7 nitrogen and oxygen atoms in total. The van der Waals surface area contributed by atoms with Crippen LogP contribution in [0.25, 0.3) is 0 Å². The summed E-state index contributed by atoms with van der Waals surface area (Å²) in [7, 11) is -2.91. The van der Waals surface area contributed by atoms with Gasteiger partial charge in [-0.1, -0.05) is 24.9 Å². The predicted octanol–water partition coefficient (Wildman–Crippen LogP) is 2.23. The number of ether oxygens (including phenoxy) is 1. The van der Waals surface area contributed by atoms with Gasteiger partial charge in [0.15, 0.2) is 0 Å². The minimum atomic E-state index is -4.11. The molecule has 0 bridgehead atoms. The molecule has 1 amide bonds. The van der Waals surface area contributed by atoms with Crippen LogP contribution in [0.4, 0.5) is 5.69 Å². The van der Waals surface area contributed by atoms with Gasteiger partial charge < -0.3 is 10.5 Å². The highest BCUT2D eigenvalue weighted by Gasteiger charge is 2.29. The molecule has 2 rings (SSSR count). The molecule has 0 aliphatic heterocycles. The zero-order valence-corrected chi connectivity index (χ0v) is 16.1. The van der Waals surface area contributed by atoms with Crippen LogP contribution in [0.2, 0.25) is 0 Å². The molecule has 26 heavy (non-hydrogen) atoms. The molecule has 138 valence electrons. The van der Waals surface area contributed by atoms with Crippen molar-refractivity contribution >= 4 is 40.4 Å². The summed E-state index contributed by atoms with van der Waals surface area (Å²) in [5, 5.41) is 0. The molecule has 2 N–H and O–H groups in total. The first-order chi connectivity index (χ1) is 12.1. The van der Waals surface area contributed by atoms with Gasteiger partial charge in [-0.15, -0.1) is 0 Å². The summed E-state index contributed by atoms with van der Waals surface area (Å²) < 4.78 is 31.5. The molecule has 2 aromatic carbocycles.